The number of aromatic nitrogens is 2. The zero-order valence-electron chi connectivity index (χ0n) is 11.1. The first-order valence-corrected chi connectivity index (χ1v) is 6.73. The largest absolute Gasteiger partial charge is 0.387 e. The van der Waals surface area contributed by atoms with E-state index in [9.17, 15) is 10.4 Å². The summed E-state index contributed by atoms with van der Waals surface area (Å²) >= 11 is 0. The van der Waals surface area contributed by atoms with Gasteiger partial charge in [0.15, 0.2) is 0 Å². The molecule has 1 aliphatic carbocycles. The van der Waals surface area contributed by atoms with Crippen LogP contribution in [0.25, 0.3) is 0 Å². The second kappa shape index (κ2) is 5.11. The maximum Gasteiger partial charge on any atom is 0.101 e. The van der Waals surface area contributed by atoms with Gasteiger partial charge in [0.2, 0.25) is 0 Å². The first-order chi connectivity index (χ1) is 8.61. The molecule has 0 aromatic carbocycles. The number of hydrogen-bond acceptors (Lipinski definition) is 3. The summed E-state index contributed by atoms with van der Waals surface area (Å²) in [4.78, 5) is 0. The van der Waals surface area contributed by atoms with E-state index >= 15 is 0 Å². The summed E-state index contributed by atoms with van der Waals surface area (Å²) in [5, 5.41) is 24.2. The number of aliphatic hydroxyl groups is 1. The van der Waals surface area contributed by atoms with Crippen molar-refractivity contribution in [3.05, 3.63) is 18.0 Å². The first-order valence-electron chi connectivity index (χ1n) is 6.73. The standard InChI is InChI=1S/C14H21N3O/c1-3-17-9-12(8-16-17)13(18)14(10-15)6-4-5-11(2)7-14/h8-9,11,13,18H,3-7H2,1-2H3. The lowest BCUT2D eigenvalue weighted by Gasteiger charge is -2.37. The van der Waals surface area contributed by atoms with Gasteiger partial charge in [-0.3, -0.25) is 4.68 Å². The minimum absolute atomic E-state index is 0.509. The van der Waals surface area contributed by atoms with Crippen LogP contribution < -0.4 is 0 Å². The Morgan fingerprint density at radius 3 is 3.06 bits per heavy atom. The van der Waals surface area contributed by atoms with E-state index in [-0.39, 0.29) is 0 Å². The molecular weight excluding hydrogens is 226 g/mol. The Balaban J connectivity index is 2.24. The highest BCUT2D eigenvalue weighted by molar-refractivity contribution is 5.18. The zero-order valence-corrected chi connectivity index (χ0v) is 11.1. The molecule has 0 amide bonds. The molecule has 1 N–H and O–H groups in total. The van der Waals surface area contributed by atoms with Crippen LogP contribution in [0.1, 0.15) is 51.2 Å². The molecule has 3 unspecified atom stereocenters. The molecule has 0 aliphatic heterocycles. The number of nitrogens with zero attached hydrogens (tertiary/aromatic N) is 3. The van der Waals surface area contributed by atoms with Crippen molar-refractivity contribution in [2.24, 2.45) is 11.3 Å². The van der Waals surface area contributed by atoms with Crippen LogP contribution in [-0.2, 0) is 6.54 Å². The number of hydrogen-bond donors (Lipinski definition) is 1. The Labute approximate surface area is 108 Å². The summed E-state index contributed by atoms with van der Waals surface area (Å²) in [6, 6.07) is 2.39. The molecule has 2 rings (SSSR count). The lowest BCUT2D eigenvalue weighted by Crippen LogP contribution is -2.32. The lowest BCUT2D eigenvalue weighted by atomic mass is 9.66. The molecule has 1 aromatic heterocycles. The molecule has 1 fully saturated rings. The Hall–Kier alpha value is -1.34. The summed E-state index contributed by atoms with van der Waals surface area (Å²) in [5.41, 5.74) is 0.145. The highest BCUT2D eigenvalue weighted by atomic mass is 16.3. The van der Waals surface area contributed by atoms with Gasteiger partial charge in [0, 0.05) is 18.3 Å². The van der Waals surface area contributed by atoms with Crippen molar-refractivity contribution in [2.45, 2.75) is 52.2 Å². The van der Waals surface area contributed by atoms with Gasteiger partial charge >= 0.3 is 0 Å². The second-order valence-electron chi connectivity index (χ2n) is 5.50. The van der Waals surface area contributed by atoms with E-state index in [1.54, 1.807) is 10.9 Å². The molecule has 18 heavy (non-hydrogen) atoms. The fraction of sp³-hybridized carbons (Fsp3) is 0.714. The van der Waals surface area contributed by atoms with Crippen molar-refractivity contribution in [3.63, 3.8) is 0 Å². The summed E-state index contributed by atoms with van der Waals surface area (Å²) in [7, 11) is 0. The van der Waals surface area contributed by atoms with Crippen molar-refractivity contribution in [3.8, 4) is 6.07 Å². The average molecular weight is 247 g/mol. The minimum atomic E-state index is -0.717. The smallest absolute Gasteiger partial charge is 0.101 e. The van der Waals surface area contributed by atoms with Crippen molar-refractivity contribution in [1.29, 1.82) is 5.26 Å². The maximum atomic E-state index is 10.5. The zero-order chi connectivity index (χ0) is 13.2. The van der Waals surface area contributed by atoms with E-state index in [1.165, 1.54) is 0 Å². The van der Waals surface area contributed by atoms with Crippen LogP contribution in [0.2, 0.25) is 0 Å². The molecule has 0 bridgehead atoms. The molecule has 1 aromatic rings. The van der Waals surface area contributed by atoms with Crippen LogP contribution >= 0.6 is 0 Å². The molecule has 3 atom stereocenters. The highest BCUT2D eigenvalue weighted by Gasteiger charge is 2.42. The van der Waals surface area contributed by atoms with Crippen molar-refractivity contribution in [1.82, 2.24) is 9.78 Å². The van der Waals surface area contributed by atoms with Crippen LogP contribution in [0, 0.1) is 22.7 Å². The van der Waals surface area contributed by atoms with Gasteiger partial charge in [-0.2, -0.15) is 10.4 Å². The predicted molar refractivity (Wildman–Crippen MR) is 68.5 cm³/mol. The van der Waals surface area contributed by atoms with E-state index in [0.29, 0.717) is 5.92 Å². The SMILES string of the molecule is CCn1cc(C(O)C2(C#N)CCCC(C)C2)cn1. The number of rotatable bonds is 3. The van der Waals surface area contributed by atoms with E-state index in [1.807, 2.05) is 13.1 Å². The summed E-state index contributed by atoms with van der Waals surface area (Å²) < 4.78 is 1.79. The van der Waals surface area contributed by atoms with Gasteiger partial charge in [-0.25, -0.2) is 0 Å². The molecular formula is C14H21N3O. The maximum absolute atomic E-state index is 10.5. The Morgan fingerprint density at radius 1 is 1.72 bits per heavy atom. The van der Waals surface area contributed by atoms with Crippen molar-refractivity contribution in [2.75, 3.05) is 0 Å². The molecule has 0 saturated heterocycles. The van der Waals surface area contributed by atoms with Gasteiger partial charge < -0.3 is 5.11 Å². The molecule has 98 valence electrons. The lowest BCUT2D eigenvalue weighted by molar-refractivity contribution is 0.0219. The van der Waals surface area contributed by atoms with Gasteiger partial charge in [-0.1, -0.05) is 19.8 Å². The third-order valence-electron chi connectivity index (χ3n) is 4.07. The Bertz CT molecular complexity index is 448. The van der Waals surface area contributed by atoms with E-state index in [4.69, 9.17) is 0 Å². The van der Waals surface area contributed by atoms with E-state index in [0.717, 1.165) is 37.8 Å². The van der Waals surface area contributed by atoms with Crippen LogP contribution in [0.5, 0.6) is 0 Å². The fourth-order valence-corrected chi connectivity index (χ4v) is 3.02. The molecule has 0 radical (unpaired) electrons. The average Bonchev–Trinajstić information content (AvgIpc) is 2.86. The topological polar surface area (TPSA) is 61.8 Å². The van der Waals surface area contributed by atoms with Gasteiger partial charge in [-0.05, 0) is 25.7 Å². The molecule has 1 heterocycles. The van der Waals surface area contributed by atoms with Crippen LogP contribution in [0.4, 0.5) is 0 Å². The quantitative estimate of drug-likeness (QED) is 0.893. The second-order valence-corrected chi connectivity index (χ2v) is 5.50. The van der Waals surface area contributed by atoms with Crippen LogP contribution in [-0.4, -0.2) is 14.9 Å². The minimum Gasteiger partial charge on any atom is -0.387 e. The van der Waals surface area contributed by atoms with Crippen LogP contribution in [0.15, 0.2) is 12.4 Å². The molecule has 4 heteroatoms. The Morgan fingerprint density at radius 2 is 2.50 bits per heavy atom. The highest BCUT2D eigenvalue weighted by Crippen LogP contribution is 2.47. The molecule has 1 aliphatic rings. The van der Waals surface area contributed by atoms with E-state index < -0.39 is 11.5 Å². The number of aryl methyl sites for hydroxylation is 1. The van der Waals surface area contributed by atoms with Gasteiger partial charge in [0.25, 0.3) is 0 Å². The molecule has 0 spiro atoms. The third kappa shape index (κ3) is 2.28. The normalized spacial score (nSPS) is 29.8. The monoisotopic (exact) mass is 247 g/mol. The first kappa shape index (κ1) is 13.1. The van der Waals surface area contributed by atoms with Crippen LogP contribution in [0.3, 0.4) is 0 Å². The van der Waals surface area contributed by atoms with Crippen molar-refractivity contribution < 1.29 is 5.11 Å². The third-order valence-corrected chi connectivity index (χ3v) is 4.07. The Kier molecular flexibility index (Phi) is 3.72. The summed E-state index contributed by atoms with van der Waals surface area (Å²) in [6.45, 7) is 4.95. The number of aliphatic hydroxyl groups excluding tert-OH is 1. The van der Waals surface area contributed by atoms with E-state index in [2.05, 4.69) is 18.1 Å². The fourth-order valence-electron chi connectivity index (χ4n) is 3.02. The van der Waals surface area contributed by atoms with Gasteiger partial charge in [0.05, 0.1) is 17.7 Å². The van der Waals surface area contributed by atoms with Gasteiger partial charge in [0.1, 0.15) is 6.10 Å². The summed E-state index contributed by atoms with van der Waals surface area (Å²) in [5.74, 6) is 0.509. The number of nitriles is 1. The van der Waals surface area contributed by atoms with Crippen molar-refractivity contribution >= 4 is 0 Å². The molecule has 4 nitrogen and oxygen atoms in total. The molecule has 1 saturated carbocycles. The summed E-state index contributed by atoms with van der Waals surface area (Å²) in [6.07, 6.45) is 6.56. The van der Waals surface area contributed by atoms with Gasteiger partial charge in [-0.15, -0.1) is 0 Å². The predicted octanol–water partition coefficient (Wildman–Crippen LogP) is 2.66.